The van der Waals surface area contributed by atoms with Gasteiger partial charge in [0.25, 0.3) is 0 Å². The lowest BCUT2D eigenvalue weighted by atomic mass is 9.93. The van der Waals surface area contributed by atoms with Gasteiger partial charge in [0.15, 0.2) is 5.13 Å². The zero-order valence-corrected chi connectivity index (χ0v) is 20.0. The number of aromatic nitrogens is 2. The molecule has 5 rings (SSSR count). The highest BCUT2D eigenvalue weighted by atomic mass is 32.2. The van der Waals surface area contributed by atoms with Crippen LogP contribution in [0.1, 0.15) is 49.1 Å². The van der Waals surface area contributed by atoms with Crippen LogP contribution in [0.25, 0.3) is 0 Å². The van der Waals surface area contributed by atoms with Gasteiger partial charge in [0.1, 0.15) is 11.6 Å². The molecular weight excluding hydrogens is 456 g/mol. The Labute approximate surface area is 198 Å². The molecule has 2 heterocycles. The molecular formula is C24H28N4O3S2. The van der Waals surface area contributed by atoms with Gasteiger partial charge in [-0.1, -0.05) is 18.2 Å². The van der Waals surface area contributed by atoms with Crippen LogP contribution in [-0.4, -0.2) is 35.6 Å². The highest BCUT2D eigenvalue weighted by Gasteiger charge is 2.23. The standard InChI is InChI=1S/C24H28N4O3S2/c29-17-12-10-16(11-13-17)25-22-14-19(33(30,31)18-6-2-1-3-7-18)15-23(27-22)28-24-26-20-8-4-5-9-21(20)32-24/h1-3,6-7,14-17,29H,4-5,8-13H2,(H2,25,26,27,28). The van der Waals surface area contributed by atoms with Gasteiger partial charge in [0, 0.05) is 17.0 Å². The third kappa shape index (κ3) is 5.05. The Morgan fingerprint density at radius 1 is 0.909 bits per heavy atom. The molecule has 3 aromatic rings. The number of rotatable bonds is 6. The number of aryl methyl sites for hydroxylation is 2. The zero-order chi connectivity index (χ0) is 22.8. The molecule has 9 heteroatoms. The fourth-order valence-electron chi connectivity index (χ4n) is 4.48. The van der Waals surface area contributed by atoms with Gasteiger partial charge >= 0.3 is 0 Å². The van der Waals surface area contributed by atoms with Crippen LogP contribution in [0.2, 0.25) is 0 Å². The molecule has 1 fully saturated rings. The summed E-state index contributed by atoms with van der Waals surface area (Å²) in [6.45, 7) is 0. The van der Waals surface area contributed by atoms with Crippen molar-refractivity contribution in [1.82, 2.24) is 9.97 Å². The van der Waals surface area contributed by atoms with Crippen LogP contribution >= 0.6 is 11.3 Å². The van der Waals surface area contributed by atoms with Crippen LogP contribution in [-0.2, 0) is 22.7 Å². The van der Waals surface area contributed by atoms with E-state index < -0.39 is 9.84 Å². The summed E-state index contributed by atoms with van der Waals surface area (Å²) in [6.07, 6.45) is 7.22. The molecule has 33 heavy (non-hydrogen) atoms. The van der Waals surface area contributed by atoms with Crippen molar-refractivity contribution >= 4 is 37.9 Å². The van der Waals surface area contributed by atoms with Gasteiger partial charge in [0.05, 0.1) is 21.6 Å². The molecule has 1 saturated carbocycles. The van der Waals surface area contributed by atoms with Crippen LogP contribution in [0.5, 0.6) is 0 Å². The second-order valence-electron chi connectivity index (χ2n) is 8.76. The van der Waals surface area contributed by atoms with E-state index in [0.29, 0.717) is 11.6 Å². The molecule has 2 aromatic heterocycles. The van der Waals surface area contributed by atoms with E-state index in [1.807, 2.05) is 0 Å². The van der Waals surface area contributed by atoms with Crippen molar-refractivity contribution in [2.45, 2.75) is 73.3 Å². The molecule has 2 aliphatic carbocycles. The predicted molar refractivity (Wildman–Crippen MR) is 130 cm³/mol. The number of nitrogens with one attached hydrogen (secondary N) is 2. The summed E-state index contributed by atoms with van der Waals surface area (Å²) in [5.41, 5.74) is 1.14. The number of pyridine rings is 1. The monoisotopic (exact) mass is 484 g/mol. The molecule has 0 atom stereocenters. The van der Waals surface area contributed by atoms with Crippen molar-refractivity contribution in [2.24, 2.45) is 0 Å². The Hall–Kier alpha value is -2.49. The van der Waals surface area contributed by atoms with Crippen molar-refractivity contribution in [3.05, 3.63) is 53.0 Å². The van der Waals surface area contributed by atoms with E-state index in [0.717, 1.165) is 55.8 Å². The van der Waals surface area contributed by atoms with Crippen LogP contribution < -0.4 is 10.6 Å². The number of aliphatic hydroxyl groups excluding tert-OH is 1. The Morgan fingerprint density at radius 2 is 1.64 bits per heavy atom. The van der Waals surface area contributed by atoms with Crippen LogP contribution in [0.15, 0.2) is 52.3 Å². The maximum atomic E-state index is 13.4. The molecule has 0 amide bonds. The molecule has 0 spiro atoms. The third-order valence-electron chi connectivity index (χ3n) is 6.29. The molecule has 2 aliphatic rings. The van der Waals surface area contributed by atoms with Crippen molar-refractivity contribution in [1.29, 1.82) is 0 Å². The lowest BCUT2D eigenvalue weighted by molar-refractivity contribution is 0.126. The Bertz CT molecular complexity index is 1200. The minimum atomic E-state index is -3.71. The summed E-state index contributed by atoms with van der Waals surface area (Å²) in [5.74, 6) is 0.966. The largest absolute Gasteiger partial charge is 0.393 e. The Kier molecular flexibility index (Phi) is 6.36. The van der Waals surface area contributed by atoms with E-state index in [1.165, 1.54) is 11.3 Å². The lowest BCUT2D eigenvalue weighted by Crippen LogP contribution is -2.28. The van der Waals surface area contributed by atoms with Crippen LogP contribution in [0, 0.1) is 0 Å². The first kappa shape index (κ1) is 22.3. The number of anilines is 3. The molecule has 0 aliphatic heterocycles. The fourth-order valence-corrected chi connectivity index (χ4v) is 6.86. The van der Waals surface area contributed by atoms with Gasteiger partial charge in [-0.05, 0) is 69.6 Å². The van der Waals surface area contributed by atoms with Gasteiger partial charge < -0.3 is 15.7 Å². The van der Waals surface area contributed by atoms with Crippen LogP contribution in [0.3, 0.4) is 0 Å². The molecule has 0 unspecified atom stereocenters. The first-order valence-electron chi connectivity index (χ1n) is 11.5. The lowest BCUT2D eigenvalue weighted by Gasteiger charge is -2.26. The SMILES string of the molecule is O=S(=O)(c1ccccc1)c1cc(Nc2nc3c(s2)CCCC3)nc(NC2CCC(O)CC2)c1. The number of nitrogens with zero attached hydrogens (tertiary/aromatic N) is 2. The van der Waals surface area contributed by atoms with Crippen LogP contribution in [0.4, 0.5) is 16.8 Å². The highest BCUT2D eigenvalue weighted by Crippen LogP contribution is 2.33. The van der Waals surface area contributed by atoms with Gasteiger partial charge in [-0.25, -0.2) is 18.4 Å². The summed E-state index contributed by atoms with van der Waals surface area (Å²) >= 11 is 1.62. The van der Waals surface area contributed by atoms with Gasteiger partial charge in [-0.3, -0.25) is 0 Å². The van der Waals surface area contributed by atoms with E-state index in [1.54, 1.807) is 53.8 Å². The Balaban J connectivity index is 1.48. The molecule has 0 saturated heterocycles. The molecule has 0 bridgehead atoms. The number of benzene rings is 1. The third-order valence-corrected chi connectivity index (χ3v) is 9.11. The van der Waals surface area contributed by atoms with Crippen molar-refractivity contribution in [3.63, 3.8) is 0 Å². The number of hydrogen-bond acceptors (Lipinski definition) is 8. The first-order chi connectivity index (χ1) is 16.0. The molecule has 3 N–H and O–H groups in total. The second-order valence-corrected chi connectivity index (χ2v) is 11.8. The van der Waals surface area contributed by atoms with E-state index in [4.69, 9.17) is 4.98 Å². The van der Waals surface area contributed by atoms with E-state index in [-0.39, 0.29) is 21.9 Å². The van der Waals surface area contributed by atoms with E-state index in [2.05, 4.69) is 15.6 Å². The summed E-state index contributed by atoms with van der Waals surface area (Å²) in [6, 6.07) is 11.8. The maximum Gasteiger partial charge on any atom is 0.206 e. The number of thiazole rings is 1. The van der Waals surface area contributed by atoms with Crippen molar-refractivity contribution < 1.29 is 13.5 Å². The number of sulfone groups is 1. The predicted octanol–water partition coefficient (Wildman–Crippen LogP) is 4.71. The smallest absolute Gasteiger partial charge is 0.206 e. The topological polar surface area (TPSA) is 104 Å². The first-order valence-corrected chi connectivity index (χ1v) is 13.8. The fraction of sp³-hybridized carbons (Fsp3) is 0.417. The molecule has 0 radical (unpaired) electrons. The van der Waals surface area contributed by atoms with E-state index in [9.17, 15) is 13.5 Å². The average molecular weight is 485 g/mol. The van der Waals surface area contributed by atoms with Crippen molar-refractivity contribution in [3.8, 4) is 0 Å². The van der Waals surface area contributed by atoms with Crippen molar-refractivity contribution in [2.75, 3.05) is 10.6 Å². The highest BCUT2D eigenvalue weighted by molar-refractivity contribution is 7.91. The quantitative estimate of drug-likeness (QED) is 0.465. The van der Waals surface area contributed by atoms with E-state index >= 15 is 0 Å². The van der Waals surface area contributed by atoms with Gasteiger partial charge in [0.2, 0.25) is 9.84 Å². The maximum absolute atomic E-state index is 13.4. The number of fused-ring (bicyclic) bond motifs is 1. The summed E-state index contributed by atoms with van der Waals surface area (Å²) < 4.78 is 26.7. The minimum Gasteiger partial charge on any atom is -0.393 e. The van der Waals surface area contributed by atoms with Gasteiger partial charge in [-0.15, -0.1) is 11.3 Å². The summed E-state index contributed by atoms with van der Waals surface area (Å²) in [4.78, 5) is 11.1. The number of aliphatic hydroxyl groups is 1. The number of hydrogen-bond donors (Lipinski definition) is 3. The second kappa shape index (κ2) is 9.40. The average Bonchev–Trinajstić information content (AvgIpc) is 3.23. The molecule has 1 aromatic carbocycles. The summed E-state index contributed by atoms with van der Waals surface area (Å²) in [5, 5.41) is 17.2. The molecule has 174 valence electrons. The normalized spacial score (nSPS) is 20.8. The summed E-state index contributed by atoms with van der Waals surface area (Å²) in [7, 11) is -3.71. The van der Waals surface area contributed by atoms with Gasteiger partial charge in [-0.2, -0.15) is 0 Å². The Morgan fingerprint density at radius 3 is 2.39 bits per heavy atom. The molecule has 7 nitrogen and oxygen atoms in total. The zero-order valence-electron chi connectivity index (χ0n) is 18.3. The minimum absolute atomic E-state index is 0.149.